The summed E-state index contributed by atoms with van der Waals surface area (Å²) >= 11 is 7.54. The SMILES string of the molecule is Cc1nc2cc(C(NC(=O)[C@@H]3CNC(=O)N3)c3ccc(F)c(Cl)c3)ccc2s1. The van der Waals surface area contributed by atoms with Gasteiger partial charge in [0.05, 0.1) is 26.3 Å². The molecule has 1 aromatic heterocycles. The van der Waals surface area contributed by atoms with Gasteiger partial charge < -0.3 is 16.0 Å². The number of aryl methyl sites for hydroxylation is 1. The molecule has 3 aromatic rings. The number of carbonyl (C=O) groups is 2. The molecule has 2 aromatic carbocycles. The van der Waals surface area contributed by atoms with E-state index in [1.165, 1.54) is 12.1 Å². The van der Waals surface area contributed by atoms with Crippen molar-refractivity contribution in [1.29, 1.82) is 0 Å². The molecule has 1 aliphatic rings. The lowest BCUT2D eigenvalue weighted by atomic mass is 9.98. The molecule has 0 bridgehead atoms. The molecule has 28 heavy (non-hydrogen) atoms. The molecule has 3 N–H and O–H groups in total. The fourth-order valence-electron chi connectivity index (χ4n) is 3.15. The third kappa shape index (κ3) is 3.65. The zero-order valence-corrected chi connectivity index (χ0v) is 16.3. The number of aromatic nitrogens is 1. The quantitative estimate of drug-likeness (QED) is 0.608. The van der Waals surface area contributed by atoms with E-state index < -0.39 is 17.9 Å². The number of fused-ring (bicyclic) bond motifs is 1. The van der Waals surface area contributed by atoms with Crippen LogP contribution in [0.5, 0.6) is 0 Å². The van der Waals surface area contributed by atoms with Crippen LogP contribution in [0.15, 0.2) is 36.4 Å². The van der Waals surface area contributed by atoms with Crippen molar-refractivity contribution < 1.29 is 14.0 Å². The number of nitrogens with zero attached hydrogens (tertiary/aromatic N) is 1. The molecule has 1 saturated heterocycles. The molecule has 0 saturated carbocycles. The van der Waals surface area contributed by atoms with E-state index in [0.29, 0.717) is 5.56 Å². The first-order valence-electron chi connectivity index (χ1n) is 8.57. The van der Waals surface area contributed by atoms with Crippen molar-refractivity contribution in [2.45, 2.75) is 19.0 Å². The van der Waals surface area contributed by atoms with Crippen molar-refractivity contribution in [3.05, 3.63) is 63.4 Å². The standard InChI is InChI=1S/C19H16ClFN4O2S/c1-9-23-14-7-11(3-5-16(14)28-9)17(10-2-4-13(21)12(20)6-10)25-18(26)15-8-22-19(27)24-15/h2-7,15,17H,8H2,1H3,(H,25,26)(H2,22,24,27)/t15-,17?/m0/s1. The predicted molar refractivity (Wildman–Crippen MR) is 106 cm³/mol. The molecular weight excluding hydrogens is 403 g/mol. The van der Waals surface area contributed by atoms with Crippen molar-refractivity contribution >= 4 is 45.1 Å². The van der Waals surface area contributed by atoms with E-state index in [4.69, 9.17) is 11.6 Å². The van der Waals surface area contributed by atoms with E-state index in [1.807, 2.05) is 25.1 Å². The summed E-state index contributed by atoms with van der Waals surface area (Å²) in [6, 6.07) is 8.42. The van der Waals surface area contributed by atoms with Gasteiger partial charge in [0.15, 0.2) is 0 Å². The topological polar surface area (TPSA) is 83.1 Å². The number of thiazole rings is 1. The summed E-state index contributed by atoms with van der Waals surface area (Å²) in [5, 5.41) is 8.96. The molecule has 4 rings (SSSR count). The number of halogens is 2. The zero-order chi connectivity index (χ0) is 19.8. The van der Waals surface area contributed by atoms with Crippen molar-refractivity contribution in [2.24, 2.45) is 0 Å². The second-order valence-corrected chi connectivity index (χ2v) is 8.12. The van der Waals surface area contributed by atoms with Gasteiger partial charge in [-0.15, -0.1) is 11.3 Å². The van der Waals surface area contributed by atoms with Crippen LogP contribution >= 0.6 is 22.9 Å². The lowest BCUT2D eigenvalue weighted by molar-refractivity contribution is -0.122. The molecule has 2 heterocycles. The summed E-state index contributed by atoms with van der Waals surface area (Å²) in [5.41, 5.74) is 2.23. The number of benzene rings is 2. The van der Waals surface area contributed by atoms with E-state index in [1.54, 1.807) is 17.4 Å². The van der Waals surface area contributed by atoms with E-state index in [0.717, 1.165) is 20.8 Å². The number of urea groups is 1. The van der Waals surface area contributed by atoms with Crippen molar-refractivity contribution in [3.63, 3.8) is 0 Å². The molecule has 0 spiro atoms. The van der Waals surface area contributed by atoms with Gasteiger partial charge >= 0.3 is 6.03 Å². The fraction of sp³-hybridized carbons (Fsp3) is 0.211. The molecule has 1 unspecified atom stereocenters. The third-order valence-corrected chi connectivity index (χ3v) is 5.75. The lowest BCUT2D eigenvalue weighted by Crippen LogP contribution is -2.44. The summed E-state index contributed by atoms with van der Waals surface area (Å²) in [6.07, 6.45) is 0. The average Bonchev–Trinajstić information content (AvgIpc) is 3.26. The van der Waals surface area contributed by atoms with Crippen LogP contribution in [0.3, 0.4) is 0 Å². The number of carbonyl (C=O) groups excluding carboxylic acids is 2. The summed E-state index contributed by atoms with van der Waals surface area (Å²) in [4.78, 5) is 28.5. The molecule has 9 heteroatoms. The molecule has 0 radical (unpaired) electrons. The highest BCUT2D eigenvalue weighted by molar-refractivity contribution is 7.18. The average molecular weight is 419 g/mol. The second-order valence-electron chi connectivity index (χ2n) is 6.48. The van der Waals surface area contributed by atoms with Gasteiger partial charge in [0.1, 0.15) is 11.9 Å². The Bertz CT molecular complexity index is 1090. The summed E-state index contributed by atoms with van der Waals surface area (Å²) < 4.78 is 14.7. The maximum atomic E-state index is 13.6. The number of rotatable bonds is 4. The van der Waals surface area contributed by atoms with Gasteiger partial charge in [-0.3, -0.25) is 4.79 Å². The maximum Gasteiger partial charge on any atom is 0.315 e. The van der Waals surface area contributed by atoms with Crippen LogP contribution in [0.4, 0.5) is 9.18 Å². The van der Waals surface area contributed by atoms with Crippen LogP contribution in [-0.4, -0.2) is 29.5 Å². The monoisotopic (exact) mass is 418 g/mol. The Balaban J connectivity index is 1.72. The van der Waals surface area contributed by atoms with Gasteiger partial charge in [-0.2, -0.15) is 0 Å². The molecule has 6 nitrogen and oxygen atoms in total. The summed E-state index contributed by atoms with van der Waals surface area (Å²) in [7, 11) is 0. The minimum atomic E-state index is -0.684. The van der Waals surface area contributed by atoms with Crippen LogP contribution in [0.2, 0.25) is 5.02 Å². The van der Waals surface area contributed by atoms with E-state index >= 15 is 0 Å². The molecular formula is C19H16ClFN4O2S. The van der Waals surface area contributed by atoms with Crippen molar-refractivity contribution in [1.82, 2.24) is 20.9 Å². The van der Waals surface area contributed by atoms with Crippen LogP contribution in [-0.2, 0) is 4.79 Å². The molecule has 0 aliphatic carbocycles. The van der Waals surface area contributed by atoms with Crippen LogP contribution in [0.1, 0.15) is 22.2 Å². The van der Waals surface area contributed by atoms with Gasteiger partial charge in [-0.25, -0.2) is 14.2 Å². The van der Waals surface area contributed by atoms with Crippen molar-refractivity contribution in [3.8, 4) is 0 Å². The number of hydrogen-bond donors (Lipinski definition) is 3. The largest absolute Gasteiger partial charge is 0.343 e. The predicted octanol–water partition coefficient (Wildman–Crippen LogP) is 3.28. The Hall–Kier alpha value is -2.71. The first-order valence-corrected chi connectivity index (χ1v) is 9.77. The van der Waals surface area contributed by atoms with Gasteiger partial charge in [0.25, 0.3) is 0 Å². The molecule has 1 aliphatic heterocycles. The molecule has 1 fully saturated rings. The Labute approximate surface area is 169 Å². The highest BCUT2D eigenvalue weighted by Gasteiger charge is 2.29. The highest BCUT2D eigenvalue weighted by atomic mass is 35.5. The van der Waals surface area contributed by atoms with Gasteiger partial charge in [0, 0.05) is 6.54 Å². The van der Waals surface area contributed by atoms with E-state index in [9.17, 15) is 14.0 Å². The Morgan fingerprint density at radius 3 is 2.79 bits per heavy atom. The first-order chi connectivity index (χ1) is 13.4. The normalized spacial score (nSPS) is 17.2. The third-order valence-electron chi connectivity index (χ3n) is 4.50. The smallest absolute Gasteiger partial charge is 0.315 e. The summed E-state index contributed by atoms with van der Waals surface area (Å²) in [5.74, 6) is -0.883. The lowest BCUT2D eigenvalue weighted by Gasteiger charge is -2.22. The second kappa shape index (κ2) is 7.37. The summed E-state index contributed by atoms with van der Waals surface area (Å²) in [6.45, 7) is 2.13. The molecule has 3 amide bonds. The van der Waals surface area contributed by atoms with Gasteiger partial charge in [-0.05, 0) is 42.3 Å². The van der Waals surface area contributed by atoms with E-state index in [2.05, 4.69) is 20.9 Å². The van der Waals surface area contributed by atoms with Crippen LogP contribution in [0, 0.1) is 12.7 Å². The number of hydrogen-bond acceptors (Lipinski definition) is 4. The Morgan fingerprint density at radius 2 is 2.07 bits per heavy atom. The maximum absolute atomic E-state index is 13.6. The first kappa shape index (κ1) is 18.6. The Morgan fingerprint density at radius 1 is 1.32 bits per heavy atom. The number of amides is 3. The van der Waals surface area contributed by atoms with Crippen LogP contribution in [0.25, 0.3) is 10.2 Å². The minimum absolute atomic E-state index is 0.0295. The fourth-order valence-corrected chi connectivity index (χ4v) is 4.14. The zero-order valence-electron chi connectivity index (χ0n) is 14.8. The highest BCUT2D eigenvalue weighted by Crippen LogP contribution is 2.30. The molecule has 144 valence electrons. The molecule has 2 atom stereocenters. The number of nitrogens with one attached hydrogen (secondary N) is 3. The van der Waals surface area contributed by atoms with E-state index in [-0.39, 0.29) is 23.5 Å². The van der Waals surface area contributed by atoms with Gasteiger partial charge in [0.2, 0.25) is 5.91 Å². The van der Waals surface area contributed by atoms with Gasteiger partial charge in [-0.1, -0.05) is 23.7 Å². The Kier molecular flexibility index (Phi) is 4.91. The minimum Gasteiger partial charge on any atom is -0.343 e. The van der Waals surface area contributed by atoms with Crippen molar-refractivity contribution in [2.75, 3.05) is 6.54 Å². The van der Waals surface area contributed by atoms with Crippen LogP contribution < -0.4 is 16.0 Å².